The van der Waals surface area contributed by atoms with Crippen LogP contribution in [0.15, 0.2) is 18.5 Å². The number of aryl methyl sites for hydroxylation is 1. The van der Waals surface area contributed by atoms with Gasteiger partial charge in [-0.25, -0.2) is 14.5 Å². The van der Waals surface area contributed by atoms with Crippen LogP contribution in [-0.2, 0) is 4.74 Å². The molecule has 2 rings (SSSR count). The molecular formula is C13H15N5O3. The molecule has 8 heteroatoms. The van der Waals surface area contributed by atoms with Crippen molar-refractivity contribution in [2.45, 2.75) is 13.8 Å². The number of nitrogens with zero attached hydrogens (tertiary/aromatic N) is 3. The number of nitrogens with two attached hydrogens (primary N) is 2. The van der Waals surface area contributed by atoms with Gasteiger partial charge in [0.2, 0.25) is 0 Å². The van der Waals surface area contributed by atoms with Gasteiger partial charge >= 0.3 is 5.97 Å². The van der Waals surface area contributed by atoms with Crippen molar-refractivity contribution in [1.82, 2.24) is 14.8 Å². The molecule has 0 unspecified atom stereocenters. The number of amides is 1. The zero-order chi connectivity index (χ0) is 15.6. The third kappa shape index (κ3) is 2.69. The van der Waals surface area contributed by atoms with Gasteiger partial charge in [0.15, 0.2) is 11.5 Å². The van der Waals surface area contributed by atoms with E-state index in [-0.39, 0.29) is 29.4 Å². The van der Waals surface area contributed by atoms with Crippen LogP contribution in [0.4, 0.5) is 5.69 Å². The number of primary amides is 1. The smallest absolute Gasteiger partial charge is 0.361 e. The second kappa shape index (κ2) is 5.61. The van der Waals surface area contributed by atoms with Gasteiger partial charge in [-0.2, -0.15) is 5.10 Å². The molecule has 1 amide bonds. The number of anilines is 1. The summed E-state index contributed by atoms with van der Waals surface area (Å²) in [5.74, 6) is -1.06. The minimum absolute atomic E-state index is 0.0319. The Bertz CT molecular complexity index is 708. The first-order valence-corrected chi connectivity index (χ1v) is 6.23. The second-order valence-corrected chi connectivity index (χ2v) is 4.29. The highest BCUT2D eigenvalue weighted by Gasteiger charge is 2.20. The minimum atomic E-state index is -0.637. The minimum Gasteiger partial charge on any atom is -0.461 e. The number of rotatable bonds is 4. The molecule has 4 N–H and O–H groups in total. The third-order valence-electron chi connectivity index (χ3n) is 2.81. The zero-order valence-electron chi connectivity index (χ0n) is 11.7. The van der Waals surface area contributed by atoms with Crippen molar-refractivity contribution in [3.8, 4) is 5.82 Å². The highest BCUT2D eigenvalue weighted by molar-refractivity contribution is 5.97. The Balaban J connectivity index is 2.54. The van der Waals surface area contributed by atoms with Crippen LogP contribution in [0.25, 0.3) is 5.82 Å². The number of esters is 1. The van der Waals surface area contributed by atoms with E-state index in [4.69, 9.17) is 16.2 Å². The van der Waals surface area contributed by atoms with Gasteiger partial charge in [0.1, 0.15) is 0 Å². The highest BCUT2D eigenvalue weighted by Crippen LogP contribution is 2.18. The van der Waals surface area contributed by atoms with E-state index in [2.05, 4.69) is 10.1 Å². The number of carbonyl (C=O) groups is 2. The van der Waals surface area contributed by atoms with E-state index in [1.165, 1.54) is 17.1 Å². The topological polar surface area (TPSA) is 126 Å². The van der Waals surface area contributed by atoms with Gasteiger partial charge in [0.25, 0.3) is 5.91 Å². The third-order valence-corrected chi connectivity index (χ3v) is 2.81. The van der Waals surface area contributed by atoms with E-state index in [9.17, 15) is 9.59 Å². The number of nitrogen functional groups attached to an aromatic ring is 1. The number of ether oxygens (including phenoxy) is 1. The van der Waals surface area contributed by atoms with Gasteiger partial charge in [-0.15, -0.1) is 0 Å². The van der Waals surface area contributed by atoms with Crippen LogP contribution in [0.3, 0.4) is 0 Å². The molecule has 2 heterocycles. The normalized spacial score (nSPS) is 10.4. The predicted octanol–water partition coefficient (Wildman–Crippen LogP) is 0.434. The molecule has 110 valence electrons. The van der Waals surface area contributed by atoms with Gasteiger partial charge in [0.05, 0.1) is 24.1 Å². The monoisotopic (exact) mass is 289 g/mol. The summed E-state index contributed by atoms with van der Waals surface area (Å²) < 4.78 is 6.10. The molecular weight excluding hydrogens is 274 g/mol. The Morgan fingerprint density at radius 2 is 2.14 bits per heavy atom. The van der Waals surface area contributed by atoms with Crippen molar-refractivity contribution < 1.29 is 14.3 Å². The molecule has 2 aromatic heterocycles. The van der Waals surface area contributed by atoms with Crippen LogP contribution in [0, 0.1) is 6.92 Å². The fourth-order valence-electron chi connectivity index (χ4n) is 1.88. The molecule has 0 atom stereocenters. The molecule has 0 aliphatic heterocycles. The van der Waals surface area contributed by atoms with Crippen molar-refractivity contribution >= 4 is 17.6 Å². The fourth-order valence-corrected chi connectivity index (χ4v) is 1.88. The maximum atomic E-state index is 11.7. The van der Waals surface area contributed by atoms with E-state index >= 15 is 0 Å². The molecule has 0 radical (unpaired) electrons. The Morgan fingerprint density at radius 1 is 1.43 bits per heavy atom. The number of aromatic nitrogens is 3. The first kappa shape index (κ1) is 14.5. The number of carbonyl (C=O) groups excluding carboxylic acids is 2. The summed E-state index contributed by atoms with van der Waals surface area (Å²) in [4.78, 5) is 27.4. The van der Waals surface area contributed by atoms with E-state index in [0.29, 0.717) is 5.56 Å². The van der Waals surface area contributed by atoms with Crippen LogP contribution < -0.4 is 11.5 Å². The summed E-state index contributed by atoms with van der Waals surface area (Å²) in [5, 5.41) is 4.03. The van der Waals surface area contributed by atoms with E-state index < -0.39 is 11.9 Å². The summed E-state index contributed by atoms with van der Waals surface area (Å²) >= 11 is 0. The molecule has 0 aromatic carbocycles. The number of hydrogen-bond donors (Lipinski definition) is 2. The Morgan fingerprint density at radius 3 is 2.76 bits per heavy atom. The Kier molecular flexibility index (Phi) is 3.88. The van der Waals surface area contributed by atoms with Crippen LogP contribution in [-0.4, -0.2) is 33.2 Å². The molecule has 2 aromatic rings. The molecule has 0 saturated heterocycles. The molecule has 0 spiro atoms. The summed E-state index contributed by atoms with van der Waals surface area (Å²) in [5.41, 5.74) is 12.1. The lowest BCUT2D eigenvalue weighted by Crippen LogP contribution is -2.18. The van der Waals surface area contributed by atoms with Gasteiger partial charge < -0.3 is 16.2 Å². The van der Waals surface area contributed by atoms with Crippen molar-refractivity contribution in [2.75, 3.05) is 12.3 Å². The highest BCUT2D eigenvalue weighted by atomic mass is 16.5. The molecule has 0 aliphatic rings. The van der Waals surface area contributed by atoms with Crippen molar-refractivity contribution in [2.24, 2.45) is 5.73 Å². The van der Waals surface area contributed by atoms with Gasteiger partial charge in [-0.05, 0) is 25.5 Å². The number of pyridine rings is 1. The largest absolute Gasteiger partial charge is 0.461 e. The van der Waals surface area contributed by atoms with E-state index in [1.54, 1.807) is 19.9 Å². The van der Waals surface area contributed by atoms with Crippen molar-refractivity contribution in [3.05, 3.63) is 35.3 Å². The van der Waals surface area contributed by atoms with E-state index in [0.717, 1.165) is 0 Å². The van der Waals surface area contributed by atoms with Crippen LogP contribution >= 0.6 is 0 Å². The molecule has 0 fully saturated rings. The first-order chi connectivity index (χ1) is 9.95. The molecule has 0 bridgehead atoms. The van der Waals surface area contributed by atoms with Crippen LogP contribution in [0.1, 0.15) is 33.3 Å². The summed E-state index contributed by atoms with van der Waals surface area (Å²) in [6, 6.07) is 1.66. The zero-order valence-corrected chi connectivity index (χ0v) is 11.7. The van der Waals surface area contributed by atoms with Crippen molar-refractivity contribution in [1.29, 1.82) is 0 Å². The van der Waals surface area contributed by atoms with Crippen molar-refractivity contribution in [3.63, 3.8) is 0 Å². The van der Waals surface area contributed by atoms with Crippen LogP contribution in [0.5, 0.6) is 0 Å². The van der Waals surface area contributed by atoms with Gasteiger partial charge in [0, 0.05) is 6.20 Å². The lowest BCUT2D eigenvalue weighted by Gasteiger charge is -2.07. The molecule has 0 aliphatic carbocycles. The fraction of sp³-hybridized carbons (Fsp3) is 0.231. The van der Waals surface area contributed by atoms with E-state index in [1.807, 2.05) is 0 Å². The molecule has 0 saturated carbocycles. The lowest BCUT2D eigenvalue weighted by molar-refractivity contribution is 0.0520. The maximum absolute atomic E-state index is 11.7. The first-order valence-electron chi connectivity index (χ1n) is 6.23. The average molecular weight is 289 g/mol. The Hall–Kier alpha value is -2.90. The average Bonchev–Trinajstić information content (AvgIpc) is 2.80. The van der Waals surface area contributed by atoms with Gasteiger partial charge in [-0.3, -0.25) is 4.79 Å². The maximum Gasteiger partial charge on any atom is 0.361 e. The lowest BCUT2D eigenvalue weighted by atomic mass is 10.1. The SMILES string of the molecule is CCOC(=O)c1nn(-c2nccc(C)c2C(N)=O)cc1N. The summed E-state index contributed by atoms with van der Waals surface area (Å²) in [6.07, 6.45) is 2.90. The number of hydrogen-bond acceptors (Lipinski definition) is 6. The quantitative estimate of drug-likeness (QED) is 0.786. The Labute approximate surface area is 120 Å². The van der Waals surface area contributed by atoms with Gasteiger partial charge in [-0.1, -0.05) is 0 Å². The molecule has 8 nitrogen and oxygen atoms in total. The predicted molar refractivity (Wildman–Crippen MR) is 75.0 cm³/mol. The molecule has 21 heavy (non-hydrogen) atoms. The van der Waals surface area contributed by atoms with Crippen LogP contribution in [0.2, 0.25) is 0 Å². The summed E-state index contributed by atoms with van der Waals surface area (Å²) in [7, 11) is 0. The second-order valence-electron chi connectivity index (χ2n) is 4.29. The summed E-state index contributed by atoms with van der Waals surface area (Å²) in [6.45, 7) is 3.61. The standard InChI is InChI=1S/C13H15N5O3/c1-3-21-13(20)10-8(14)6-18(17-10)12-9(11(15)19)7(2)4-5-16-12/h4-6H,3,14H2,1-2H3,(H2,15,19).